The number of methoxy groups -OCH3 is 1. The van der Waals surface area contributed by atoms with Gasteiger partial charge >= 0.3 is 0 Å². The Morgan fingerprint density at radius 3 is 2.50 bits per heavy atom. The first-order chi connectivity index (χ1) is 15.6. The van der Waals surface area contributed by atoms with Crippen LogP contribution < -0.4 is 9.47 Å². The number of pyridine rings is 1. The van der Waals surface area contributed by atoms with Crippen LogP contribution in [0, 0.1) is 6.92 Å². The Morgan fingerprint density at radius 2 is 1.81 bits per heavy atom. The van der Waals surface area contributed by atoms with Crippen molar-refractivity contribution in [1.29, 1.82) is 0 Å². The summed E-state index contributed by atoms with van der Waals surface area (Å²) in [6, 6.07) is 11.7. The van der Waals surface area contributed by atoms with Gasteiger partial charge in [-0.2, -0.15) is 9.78 Å². The fourth-order valence-corrected chi connectivity index (χ4v) is 3.37. The molecule has 1 aliphatic rings. The molecular formula is C23H21N7O2. The number of hydrogen-bond donors (Lipinski definition) is 0. The molecule has 32 heavy (non-hydrogen) atoms. The van der Waals surface area contributed by atoms with E-state index < -0.39 is 0 Å². The van der Waals surface area contributed by atoms with Crippen LogP contribution in [-0.4, -0.2) is 48.9 Å². The van der Waals surface area contributed by atoms with Crippen molar-refractivity contribution in [3.05, 3.63) is 65.9 Å². The average Bonchev–Trinajstić information content (AvgIpc) is 3.48. The third-order valence-corrected chi connectivity index (χ3v) is 5.19. The van der Waals surface area contributed by atoms with Crippen LogP contribution in [0.2, 0.25) is 0 Å². The number of nitrogens with zero attached hydrogens (tertiary/aromatic N) is 7. The molecule has 0 saturated carbocycles. The molecule has 4 aromatic rings. The van der Waals surface area contributed by atoms with Crippen LogP contribution in [0.25, 0.3) is 28.1 Å². The molecule has 0 aliphatic heterocycles. The van der Waals surface area contributed by atoms with Crippen molar-refractivity contribution in [2.45, 2.75) is 13.3 Å². The Kier molecular flexibility index (Phi) is 5.06. The van der Waals surface area contributed by atoms with Crippen LogP contribution in [-0.2, 0) is 7.05 Å². The molecule has 0 bridgehead atoms. The van der Waals surface area contributed by atoms with Crippen molar-refractivity contribution in [3.63, 3.8) is 0 Å². The summed E-state index contributed by atoms with van der Waals surface area (Å²) in [5.41, 5.74) is 6.05. The highest BCUT2D eigenvalue weighted by molar-refractivity contribution is 5.81. The first-order valence-corrected chi connectivity index (χ1v) is 10.1. The standard InChI is InChI=1S/C23H21N7O2/c1-14-24-12-20(15-4-6-16(7-5-15)22-27-29-30(2)28-22)23(26-14)32-13-17-10-19(17)21-9-8-18(31-3)11-25-21/h4-9,11-12H,10,13H2,1-3H3. The number of rotatable bonds is 7. The molecule has 160 valence electrons. The van der Waals surface area contributed by atoms with E-state index in [4.69, 9.17) is 9.47 Å². The summed E-state index contributed by atoms with van der Waals surface area (Å²) in [7, 11) is 3.37. The van der Waals surface area contributed by atoms with Gasteiger partial charge in [-0.15, -0.1) is 10.2 Å². The normalized spacial score (nSPS) is 12.7. The minimum Gasteiger partial charge on any atom is -0.495 e. The van der Waals surface area contributed by atoms with Gasteiger partial charge in [0, 0.05) is 11.8 Å². The Balaban J connectivity index is 1.34. The summed E-state index contributed by atoms with van der Waals surface area (Å²) in [4.78, 5) is 14.8. The predicted molar refractivity (Wildman–Crippen MR) is 118 cm³/mol. The first kappa shape index (κ1) is 19.8. The minimum absolute atomic E-state index is 0.466. The summed E-state index contributed by atoms with van der Waals surface area (Å²) in [5.74, 6) is 2.54. The summed E-state index contributed by atoms with van der Waals surface area (Å²) < 4.78 is 11.3. The molecule has 5 rings (SSSR count). The van der Waals surface area contributed by atoms with Crippen molar-refractivity contribution in [2.24, 2.45) is 7.05 Å². The number of benzene rings is 1. The Morgan fingerprint density at radius 1 is 1.00 bits per heavy atom. The fraction of sp³-hybridized carbons (Fsp3) is 0.217. The van der Waals surface area contributed by atoms with Crippen LogP contribution in [0.3, 0.4) is 0 Å². The molecule has 0 amide bonds. The van der Waals surface area contributed by atoms with Crippen LogP contribution in [0.4, 0.5) is 0 Å². The second-order valence-electron chi connectivity index (χ2n) is 7.45. The first-order valence-electron chi connectivity index (χ1n) is 10.1. The number of aryl methyl sites for hydroxylation is 2. The highest BCUT2D eigenvalue weighted by atomic mass is 16.5. The van der Waals surface area contributed by atoms with Gasteiger partial charge in [0.25, 0.3) is 0 Å². The summed E-state index contributed by atoms with van der Waals surface area (Å²) in [6.45, 7) is 2.32. The van der Waals surface area contributed by atoms with E-state index in [0.717, 1.165) is 34.6 Å². The van der Waals surface area contributed by atoms with Gasteiger partial charge in [-0.25, -0.2) is 4.98 Å². The topological polar surface area (TPSA) is 101 Å². The van der Waals surface area contributed by atoms with Gasteiger partial charge in [0.1, 0.15) is 18.2 Å². The quantitative estimate of drug-likeness (QED) is 0.443. The summed E-state index contributed by atoms with van der Waals surface area (Å²) in [5, 5.41) is 12.2. The van der Waals surface area contributed by atoms with E-state index in [0.29, 0.717) is 24.1 Å². The molecule has 9 nitrogen and oxygen atoms in total. The van der Waals surface area contributed by atoms with E-state index in [-0.39, 0.29) is 0 Å². The zero-order chi connectivity index (χ0) is 22.1. The van der Waals surface area contributed by atoms with E-state index in [9.17, 15) is 0 Å². The fourth-order valence-electron chi connectivity index (χ4n) is 3.37. The monoisotopic (exact) mass is 427 g/mol. The van der Waals surface area contributed by atoms with Gasteiger partial charge in [0.15, 0.2) is 0 Å². The second-order valence-corrected chi connectivity index (χ2v) is 7.45. The highest BCUT2D eigenvalue weighted by Crippen LogP contribution is 2.40. The number of allylic oxidation sites excluding steroid dienone is 1. The summed E-state index contributed by atoms with van der Waals surface area (Å²) >= 11 is 0. The maximum atomic E-state index is 6.11. The lowest BCUT2D eigenvalue weighted by Crippen LogP contribution is -2.02. The van der Waals surface area contributed by atoms with Gasteiger partial charge in [0.05, 0.1) is 31.6 Å². The van der Waals surface area contributed by atoms with Crippen molar-refractivity contribution in [2.75, 3.05) is 13.7 Å². The van der Waals surface area contributed by atoms with Gasteiger partial charge in [0.2, 0.25) is 11.7 Å². The molecular weight excluding hydrogens is 406 g/mol. The van der Waals surface area contributed by atoms with E-state index in [2.05, 4.69) is 30.4 Å². The van der Waals surface area contributed by atoms with Gasteiger partial charge in [-0.1, -0.05) is 24.3 Å². The Hall–Kier alpha value is -4.14. The van der Waals surface area contributed by atoms with Crippen LogP contribution in [0.15, 0.2) is 54.4 Å². The number of ether oxygens (including phenoxy) is 2. The van der Waals surface area contributed by atoms with Crippen molar-refractivity contribution in [3.8, 4) is 34.1 Å². The lowest BCUT2D eigenvalue weighted by molar-refractivity contribution is 0.342. The summed E-state index contributed by atoms with van der Waals surface area (Å²) in [6.07, 6.45) is 4.41. The lowest BCUT2D eigenvalue weighted by atomic mass is 10.1. The van der Waals surface area contributed by atoms with E-state index in [1.165, 1.54) is 15.9 Å². The second kappa shape index (κ2) is 8.18. The number of aromatic nitrogens is 7. The van der Waals surface area contributed by atoms with Crippen molar-refractivity contribution >= 4 is 5.57 Å². The largest absolute Gasteiger partial charge is 0.495 e. The van der Waals surface area contributed by atoms with Crippen LogP contribution in [0.1, 0.15) is 17.9 Å². The maximum Gasteiger partial charge on any atom is 0.225 e. The molecule has 3 aromatic heterocycles. The molecule has 0 N–H and O–H groups in total. The molecule has 0 atom stereocenters. The Labute approximate surface area is 184 Å². The molecule has 9 heteroatoms. The molecule has 3 heterocycles. The third-order valence-electron chi connectivity index (χ3n) is 5.19. The van der Waals surface area contributed by atoms with Gasteiger partial charge in [-0.3, -0.25) is 4.98 Å². The van der Waals surface area contributed by atoms with Gasteiger partial charge < -0.3 is 9.47 Å². The van der Waals surface area contributed by atoms with Gasteiger partial charge in [-0.05, 0) is 47.4 Å². The predicted octanol–water partition coefficient (Wildman–Crippen LogP) is 3.28. The number of tetrazole rings is 1. The Bertz CT molecular complexity index is 1290. The molecule has 1 aliphatic carbocycles. The molecule has 0 radical (unpaired) electrons. The van der Waals surface area contributed by atoms with Crippen molar-refractivity contribution < 1.29 is 9.47 Å². The maximum absolute atomic E-state index is 6.11. The number of hydrogen-bond acceptors (Lipinski definition) is 8. The smallest absolute Gasteiger partial charge is 0.225 e. The van der Waals surface area contributed by atoms with Crippen LogP contribution >= 0.6 is 0 Å². The third kappa shape index (κ3) is 4.04. The highest BCUT2D eigenvalue weighted by Gasteiger charge is 2.25. The van der Waals surface area contributed by atoms with E-state index in [1.807, 2.05) is 43.3 Å². The SMILES string of the molecule is COc1ccc(C2=C(COc3nc(C)ncc3-c3ccc(-c4nnn(C)n4)cc3)C2)nc1. The van der Waals surface area contributed by atoms with E-state index >= 15 is 0 Å². The van der Waals surface area contributed by atoms with Crippen LogP contribution in [0.5, 0.6) is 11.6 Å². The molecule has 1 aromatic carbocycles. The zero-order valence-electron chi connectivity index (χ0n) is 18.0. The molecule has 0 spiro atoms. The lowest BCUT2D eigenvalue weighted by Gasteiger charge is -2.10. The average molecular weight is 427 g/mol. The minimum atomic E-state index is 0.466. The van der Waals surface area contributed by atoms with Crippen molar-refractivity contribution in [1.82, 2.24) is 35.2 Å². The molecule has 0 saturated heterocycles. The molecule has 0 unspecified atom stereocenters. The zero-order valence-corrected chi connectivity index (χ0v) is 18.0. The molecule has 0 fully saturated rings. The van der Waals surface area contributed by atoms with E-state index in [1.54, 1.807) is 26.6 Å².